The molecule has 0 saturated carbocycles. The Morgan fingerprint density at radius 2 is 1.76 bits per heavy atom. The van der Waals surface area contributed by atoms with E-state index in [9.17, 15) is 18.0 Å². The van der Waals surface area contributed by atoms with Crippen LogP contribution in [-0.4, -0.2) is 23.5 Å². The van der Waals surface area contributed by atoms with Crippen LogP contribution in [0.15, 0.2) is 54.6 Å². The third kappa shape index (κ3) is 5.52. The van der Waals surface area contributed by atoms with Crippen LogP contribution in [0.2, 0.25) is 0 Å². The van der Waals surface area contributed by atoms with E-state index in [1.807, 2.05) is 44.2 Å². The van der Waals surface area contributed by atoms with Crippen LogP contribution in [0.25, 0.3) is 0 Å². The van der Waals surface area contributed by atoms with E-state index < -0.39 is 11.7 Å². The Kier molecular flexibility index (Phi) is 6.07. The SMILES string of the molecule is CC(C)N(Cc1ccccc1)C(=O)COc1cccc(C(F)(F)F)c1. The van der Waals surface area contributed by atoms with E-state index >= 15 is 0 Å². The molecule has 25 heavy (non-hydrogen) atoms. The first-order valence-corrected chi connectivity index (χ1v) is 7.91. The van der Waals surface area contributed by atoms with Crippen LogP contribution in [0.1, 0.15) is 25.0 Å². The van der Waals surface area contributed by atoms with Crippen LogP contribution in [0.3, 0.4) is 0 Å². The predicted octanol–water partition coefficient (Wildman–Crippen LogP) is 4.52. The molecule has 0 aliphatic heterocycles. The standard InChI is InChI=1S/C19H20F3NO2/c1-14(2)23(12-15-7-4-3-5-8-15)18(24)13-25-17-10-6-9-16(11-17)19(20,21)22/h3-11,14H,12-13H2,1-2H3. The molecule has 0 N–H and O–H groups in total. The number of rotatable bonds is 6. The van der Waals surface area contributed by atoms with E-state index in [0.29, 0.717) is 6.54 Å². The zero-order valence-electron chi connectivity index (χ0n) is 14.1. The predicted molar refractivity (Wildman–Crippen MR) is 89.1 cm³/mol. The average Bonchev–Trinajstić information content (AvgIpc) is 2.58. The lowest BCUT2D eigenvalue weighted by Crippen LogP contribution is -2.39. The van der Waals surface area contributed by atoms with Gasteiger partial charge in [0.15, 0.2) is 6.61 Å². The van der Waals surface area contributed by atoms with Gasteiger partial charge in [-0.2, -0.15) is 13.2 Å². The maximum Gasteiger partial charge on any atom is 0.416 e. The molecule has 0 aliphatic carbocycles. The minimum atomic E-state index is -4.44. The van der Waals surface area contributed by atoms with E-state index in [-0.39, 0.29) is 24.3 Å². The molecule has 0 bridgehead atoms. The number of hydrogen-bond donors (Lipinski definition) is 0. The third-order valence-corrected chi connectivity index (χ3v) is 3.66. The zero-order chi connectivity index (χ0) is 18.4. The van der Waals surface area contributed by atoms with Crippen molar-refractivity contribution in [3.05, 3.63) is 65.7 Å². The number of carbonyl (C=O) groups is 1. The number of ether oxygens (including phenoxy) is 1. The van der Waals surface area contributed by atoms with Gasteiger partial charge in [-0.05, 0) is 37.6 Å². The van der Waals surface area contributed by atoms with E-state index in [2.05, 4.69) is 0 Å². The van der Waals surface area contributed by atoms with Gasteiger partial charge in [-0.25, -0.2) is 0 Å². The molecule has 0 spiro atoms. The van der Waals surface area contributed by atoms with Gasteiger partial charge in [-0.3, -0.25) is 4.79 Å². The fraction of sp³-hybridized carbons (Fsp3) is 0.316. The second kappa shape index (κ2) is 8.05. The van der Waals surface area contributed by atoms with Crippen molar-refractivity contribution in [2.75, 3.05) is 6.61 Å². The molecule has 0 fully saturated rings. The van der Waals surface area contributed by atoms with Crippen LogP contribution >= 0.6 is 0 Å². The van der Waals surface area contributed by atoms with Crippen LogP contribution in [-0.2, 0) is 17.5 Å². The fourth-order valence-electron chi connectivity index (χ4n) is 2.33. The van der Waals surface area contributed by atoms with E-state index in [0.717, 1.165) is 17.7 Å². The summed E-state index contributed by atoms with van der Waals surface area (Å²) in [5.41, 5.74) is 0.172. The molecule has 6 heteroatoms. The van der Waals surface area contributed by atoms with Crippen molar-refractivity contribution in [1.82, 2.24) is 4.90 Å². The molecule has 0 radical (unpaired) electrons. The Hall–Kier alpha value is -2.50. The van der Waals surface area contributed by atoms with Gasteiger partial charge in [0.2, 0.25) is 0 Å². The summed E-state index contributed by atoms with van der Waals surface area (Å²) in [5, 5.41) is 0. The lowest BCUT2D eigenvalue weighted by atomic mass is 10.2. The maximum atomic E-state index is 12.7. The number of amides is 1. The summed E-state index contributed by atoms with van der Waals surface area (Å²) in [4.78, 5) is 14.1. The van der Waals surface area contributed by atoms with Gasteiger partial charge in [0, 0.05) is 12.6 Å². The summed E-state index contributed by atoms with van der Waals surface area (Å²) in [6.07, 6.45) is -4.44. The molecule has 0 unspecified atom stereocenters. The molecular weight excluding hydrogens is 331 g/mol. The zero-order valence-corrected chi connectivity index (χ0v) is 14.1. The van der Waals surface area contributed by atoms with E-state index in [1.54, 1.807) is 4.90 Å². The topological polar surface area (TPSA) is 29.5 Å². The van der Waals surface area contributed by atoms with Gasteiger partial charge < -0.3 is 9.64 Å². The number of alkyl halides is 3. The second-order valence-electron chi connectivity index (χ2n) is 5.92. The Balaban J connectivity index is 2.02. The Morgan fingerprint density at radius 3 is 2.36 bits per heavy atom. The number of hydrogen-bond acceptors (Lipinski definition) is 2. The molecule has 2 aromatic rings. The highest BCUT2D eigenvalue weighted by Gasteiger charge is 2.30. The van der Waals surface area contributed by atoms with Gasteiger partial charge in [-0.15, -0.1) is 0 Å². The first-order valence-electron chi connectivity index (χ1n) is 7.91. The minimum absolute atomic E-state index is 0.0200. The van der Waals surface area contributed by atoms with Crippen molar-refractivity contribution in [3.63, 3.8) is 0 Å². The lowest BCUT2D eigenvalue weighted by molar-refractivity contribution is -0.137. The number of benzene rings is 2. The molecule has 134 valence electrons. The van der Waals surface area contributed by atoms with E-state index in [4.69, 9.17) is 4.74 Å². The van der Waals surface area contributed by atoms with Crippen LogP contribution in [0.5, 0.6) is 5.75 Å². The normalized spacial score (nSPS) is 11.4. The van der Waals surface area contributed by atoms with Crippen molar-refractivity contribution >= 4 is 5.91 Å². The van der Waals surface area contributed by atoms with Crippen molar-refractivity contribution in [1.29, 1.82) is 0 Å². The average molecular weight is 351 g/mol. The van der Waals surface area contributed by atoms with Gasteiger partial charge in [0.1, 0.15) is 5.75 Å². The molecule has 0 atom stereocenters. The highest BCUT2D eigenvalue weighted by Crippen LogP contribution is 2.31. The fourth-order valence-corrected chi connectivity index (χ4v) is 2.33. The maximum absolute atomic E-state index is 12.7. The molecular formula is C19H20F3NO2. The van der Waals surface area contributed by atoms with Crippen LogP contribution < -0.4 is 4.74 Å². The van der Waals surface area contributed by atoms with E-state index in [1.165, 1.54) is 12.1 Å². The largest absolute Gasteiger partial charge is 0.484 e. The monoisotopic (exact) mass is 351 g/mol. The first-order chi connectivity index (χ1) is 11.8. The lowest BCUT2D eigenvalue weighted by Gasteiger charge is -2.27. The molecule has 0 heterocycles. The molecule has 1 amide bonds. The van der Waals surface area contributed by atoms with Crippen molar-refractivity contribution < 1.29 is 22.7 Å². The third-order valence-electron chi connectivity index (χ3n) is 3.66. The van der Waals surface area contributed by atoms with Crippen LogP contribution in [0, 0.1) is 0 Å². The van der Waals surface area contributed by atoms with Gasteiger partial charge in [-0.1, -0.05) is 36.4 Å². The quantitative estimate of drug-likeness (QED) is 0.766. The van der Waals surface area contributed by atoms with Crippen molar-refractivity contribution in [2.24, 2.45) is 0 Å². The molecule has 2 rings (SSSR count). The molecule has 2 aromatic carbocycles. The molecule has 0 aliphatic rings. The smallest absolute Gasteiger partial charge is 0.416 e. The summed E-state index contributed by atoms with van der Waals surface area (Å²) in [5.74, 6) is -0.261. The highest BCUT2D eigenvalue weighted by molar-refractivity contribution is 5.78. The number of halogens is 3. The second-order valence-corrected chi connectivity index (χ2v) is 5.92. The summed E-state index contributed by atoms with van der Waals surface area (Å²) < 4.78 is 43.4. The summed E-state index contributed by atoms with van der Waals surface area (Å²) in [6.45, 7) is 3.87. The molecule has 0 saturated heterocycles. The van der Waals surface area contributed by atoms with Gasteiger partial charge in [0.25, 0.3) is 5.91 Å². The van der Waals surface area contributed by atoms with Crippen LogP contribution in [0.4, 0.5) is 13.2 Å². The summed E-state index contributed by atoms with van der Waals surface area (Å²) >= 11 is 0. The summed E-state index contributed by atoms with van der Waals surface area (Å²) in [7, 11) is 0. The number of nitrogens with zero attached hydrogens (tertiary/aromatic N) is 1. The van der Waals surface area contributed by atoms with Crippen molar-refractivity contribution in [2.45, 2.75) is 32.6 Å². The van der Waals surface area contributed by atoms with Crippen molar-refractivity contribution in [3.8, 4) is 5.75 Å². The van der Waals surface area contributed by atoms with Gasteiger partial charge in [0.05, 0.1) is 5.56 Å². The molecule has 3 nitrogen and oxygen atoms in total. The Morgan fingerprint density at radius 1 is 1.08 bits per heavy atom. The first kappa shape index (κ1) is 18.8. The Bertz CT molecular complexity index is 699. The number of carbonyl (C=O) groups excluding carboxylic acids is 1. The minimum Gasteiger partial charge on any atom is -0.484 e. The Labute approximate surface area is 145 Å². The molecule has 0 aromatic heterocycles. The van der Waals surface area contributed by atoms with Gasteiger partial charge >= 0.3 is 6.18 Å². The summed E-state index contributed by atoms with van der Waals surface area (Å²) in [6, 6.07) is 13.9. The highest BCUT2D eigenvalue weighted by atomic mass is 19.4.